The minimum Gasteiger partial charge on any atom is -0.493 e. The minimum atomic E-state index is -0.765. The van der Waals surface area contributed by atoms with Gasteiger partial charge in [-0.3, -0.25) is 9.69 Å². The minimum absolute atomic E-state index is 0.319. The average molecular weight is 381 g/mol. The SMILES string of the molecule is CCOc1ccc(/C=C2\SC(=S)N([C@H](C)C(=O)OC)C2=O)cc1OC. The molecular weight excluding hydrogens is 362 g/mol. The second-order valence-corrected chi connectivity index (χ2v) is 6.77. The summed E-state index contributed by atoms with van der Waals surface area (Å²) in [7, 11) is 2.83. The molecule has 0 N–H and O–H groups in total. The summed E-state index contributed by atoms with van der Waals surface area (Å²) < 4.78 is 15.8. The highest BCUT2D eigenvalue weighted by Crippen LogP contribution is 2.35. The molecule has 0 bridgehead atoms. The Morgan fingerprint density at radius 1 is 1.36 bits per heavy atom. The van der Waals surface area contributed by atoms with Gasteiger partial charge in [-0.05, 0) is 37.6 Å². The molecule has 1 aliphatic rings. The average Bonchev–Trinajstić information content (AvgIpc) is 2.88. The summed E-state index contributed by atoms with van der Waals surface area (Å²) in [5, 5.41) is 0. The fourth-order valence-corrected chi connectivity index (χ4v) is 3.71. The highest BCUT2D eigenvalue weighted by atomic mass is 32.2. The molecule has 0 unspecified atom stereocenters. The van der Waals surface area contributed by atoms with Crippen LogP contribution >= 0.6 is 24.0 Å². The van der Waals surface area contributed by atoms with Crippen LogP contribution in [0.4, 0.5) is 0 Å². The number of carbonyl (C=O) groups excluding carboxylic acids is 2. The first-order valence-corrected chi connectivity index (χ1v) is 8.81. The Morgan fingerprint density at radius 2 is 2.08 bits per heavy atom. The molecule has 0 radical (unpaired) electrons. The van der Waals surface area contributed by atoms with Crippen molar-refractivity contribution >= 4 is 46.3 Å². The van der Waals surface area contributed by atoms with Crippen LogP contribution in [-0.2, 0) is 14.3 Å². The summed E-state index contributed by atoms with van der Waals surface area (Å²) in [5.74, 6) is 0.379. The van der Waals surface area contributed by atoms with E-state index in [4.69, 9.17) is 21.7 Å². The highest BCUT2D eigenvalue weighted by Gasteiger charge is 2.38. The number of nitrogens with zero attached hydrogens (tertiary/aromatic N) is 1. The Balaban J connectivity index is 2.29. The number of thioether (sulfide) groups is 1. The molecule has 134 valence electrons. The van der Waals surface area contributed by atoms with Gasteiger partial charge in [0.25, 0.3) is 5.91 Å². The molecule has 1 aromatic carbocycles. The summed E-state index contributed by atoms with van der Waals surface area (Å²) in [6.45, 7) is 4.00. The molecule has 0 aliphatic carbocycles. The molecule has 1 saturated heterocycles. The third kappa shape index (κ3) is 4.13. The van der Waals surface area contributed by atoms with Crippen molar-refractivity contribution in [1.29, 1.82) is 0 Å². The van der Waals surface area contributed by atoms with E-state index in [2.05, 4.69) is 4.74 Å². The van der Waals surface area contributed by atoms with E-state index in [9.17, 15) is 9.59 Å². The van der Waals surface area contributed by atoms with Gasteiger partial charge in [-0.15, -0.1) is 0 Å². The van der Waals surface area contributed by atoms with Crippen molar-refractivity contribution in [1.82, 2.24) is 4.90 Å². The first-order valence-electron chi connectivity index (χ1n) is 7.58. The molecule has 1 fully saturated rings. The lowest BCUT2D eigenvalue weighted by Gasteiger charge is -2.20. The number of ether oxygens (including phenoxy) is 3. The summed E-state index contributed by atoms with van der Waals surface area (Å²) in [5.41, 5.74) is 0.770. The van der Waals surface area contributed by atoms with Gasteiger partial charge >= 0.3 is 5.97 Å². The van der Waals surface area contributed by atoms with E-state index in [0.717, 1.165) is 17.3 Å². The number of rotatable bonds is 6. The molecular formula is C17H19NO5S2. The Bertz CT molecular complexity index is 732. The predicted octanol–water partition coefficient (Wildman–Crippen LogP) is 2.86. The maximum atomic E-state index is 12.6. The molecule has 0 saturated carbocycles. The third-order valence-electron chi connectivity index (χ3n) is 3.54. The van der Waals surface area contributed by atoms with E-state index in [1.807, 2.05) is 13.0 Å². The Morgan fingerprint density at radius 3 is 2.68 bits per heavy atom. The number of esters is 1. The number of hydrogen-bond donors (Lipinski definition) is 0. The standard InChI is InChI=1S/C17H19NO5S2/c1-5-23-12-7-6-11(8-13(12)21-3)9-14-15(19)18(17(24)25-14)10(2)16(20)22-4/h6-10H,5H2,1-4H3/b14-9-/t10-/m1/s1. The van der Waals surface area contributed by atoms with Crippen molar-refractivity contribution in [3.8, 4) is 11.5 Å². The van der Waals surface area contributed by atoms with E-state index in [-0.39, 0.29) is 5.91 Å². The lowest BCUT2D eigenvalue weighted by atomic mass is 10.1. The normalized spacial score (nSPS) is 17.0. The van der Waals surface area contributed by atoms with Crippen molar-refractivity contribution in [2.24, 2.45) is 0 Å². The van der Waals surface area contributed by atoms with Crippen LogP contribution in [-0.4, -0.2) is 48.0 Å². The Hall–Kier alpha value is -2.06. The molecule has 1 atom stereocenters. The number of amides is 1. The maximum Gasteiger partial charge on any atom is 0.328 e. The van der Waals surface area contributed by atoms with Gasteiger partial charge in [0.15, 0.2) is 11.5 Å². The van der Waals surface area contributed by atoms with E-state index in [1.165, 1.54) is 12.0 Å². The van der Waals surface area contributed by atoms with Gasteiger partial charge in [0.1, 0.15) is 10.4 Å². The fraction of sp³-hybridized carbons (Fsp3) is 0.353. The van der Waals surface area contributed by atoms with Crippen LogP contribution in [0.25, 0.3) is 6.08 Å². The van der Waals surface area contributed by atoms with Crippen LogP contribution in [0.1, 0.15) is 19.4 Å². The summed E-state index contributed by atoms with van der Waals surface area (Å²) in [6.07, 6.45) is 1.71. The molecule has 0 aromatic heterocycles. The summed E-state index contributed by atoms with van der Waals surface area (Å²) >= 11 is 6.38. The maximum absolute atomic E-state index is 12.6. The Labute approximate surface area is 156 Å². The van der Waals surface area contributed by atoms with Crippen LogP contribution in [0, 0.1) is 0 Å². The monoisotopic (exact) mass is 381 g/mol. The van der Waals surface area contributed by atoms with Gasteiger partial charge in [-0.25, -0.2) is 4.79 Å². The molecule has 25 heavy (non-hydrogen) atoms. The summed E-state index contributed by atoms with van der Waals surface area (Å²) in [4.78, 5) is 26.0. The fourth-order valence-electron chi connectivity index (χ4n) is 2.29. The number of methoxy groups -OCH3 is 2. The zero-order valence-electron chi connectivity index (χ0n) is 14.4. The van der Waals surface area contributed by atoms with E-state index in [1.54, 1.807) is 32.2 Å². The van der Waals surface area contributed by atoms with Crippen molar-refractivity contribution in [2.45, 2.75) is 19.9 Å². The molecule has 1 aromatic rings. The van der Waals surface area contributed by atoms with Crippen molar-refractivity contribution in [3.63, 3.8) is 0 Å². The number of benzene rings is 1. The number of carbonyl (C=O) groups is 2. The quantitative estimate of drug-likeness (QED) is 0.426. The third-order valence-corrected chi connectivity index (χ3v) is 4.87. The zero-order chi connectivity index (χ0) is 18.6. The first-order chi connectivity index (χ1) is 11.9. The van der Waals surface area contributed by atoms with Crippen LogP contribution in [0.2, 0.25) is 0 Å². The molecule has 8 heteroatoms. The largest absolute Gasteiger partial charge is 0.493 e. The van der Waals surface area contributed by atoms with Gasteiger partial charge in [-0.1, -0.05) is 30.0 Å². The molecule has 6 nitrogen and oxygen atoms in total. The van der Waals surface area contributed by atoms with Crippen LogP contribution in [0.15, 0.2) is 23.1 Å². The van der Waals surface area contributed by atoms with Gasteiger partial charge in [0, 0.05) is 0 Å². The second kappa shape index (κ2) is 8.35. The van der Waals surface area contributed by atoms with E-state index < -0.39 is 12.0 Å². The topological polar surface area (TPSA) is 65.1 Å². The van der Waals surface area contributed by atoms with E-state index >= 15 is 0 Å². The number of hydrogen-bond acceptors (Lipinski definition) is 7. The van der Waals surface area contributed by atoms with Gasteiger partial charge < -0.3 is 14.2 Å². The smallest absolute Gasteiger partial charge is 0.328 e. The van der Waals surface area contributed by atoms with Crippen molar-refractivity contribution in [2.75, 3.05) is 20.8 Å². The number of thiocarbonyl (C=S) groups is 1. The molecule has 2 rings (SSSR count). The lowest BCUT2D eigenvalue weighted by molar-refractivity contribution is -0.147. The van der Waals surface area contributed by atoms with Gasteiger partial charge in [0.05, 0.1) is 25.7 Å². The van der Waals surface area contributed by atoms with Crippen molar-refractivity contribution in [3.05, 3.63) is 28.7 Å². The van der Waals surface area contributed by atoms with Crippen LogP contribution < -0.4 is 9.47 Å². The molecule has 0 spiro atoms. The van der Waals surface area contributed by atoms with Gasteiger partial charge in [-0.2, -0.15) is 0 Å². The Kier molecular flexibility index (Phi) is 6.44. The molecule has 1 heterocycles. The molecule has 1 amide bonds. The predicted molar refractivity (Wildman–Crippen MR) is 101 cm³/mol. The summed E-state index contributed by atoms with van der Waals surface area (Å²) in [6, 6.07) is 4.62. The second-order valence-electron chi connectivity index (χ2n) is 5.09. The molecule has 1 aliphatic heterocycles. The zero-order valence-corrected chi connectivity index (χ0v) is 16.0. The van der Waals surface area contributed by atoms with E-state index in [0.29, 0.717) is 27.3 Å². The van der Waals surface area contributed by atoms with Crippen LogP contribution in [0.5, 0.6) is 11.5 Å². The lowest BCUT2D eigenvalue weighted by Crippen LogP contribution is -2.42. The van der Waals surface area contributed by atoms with Crippen molar-refractivity contribution < 1.29 is 23.8 Å². The van der Waals surface area contributed by atoms with Crippen LogP contribution in [0.3, 0.4) is 0 Å². The van der Waals surface area contributed by atoms with Gasteiger partial charge in [0.2, 0.25) is 0 Å². The first kappa shape index (κ1) is 19.3. The highest BCUT2D eigenvalue weighted by molar-refractivity contribution is 8.26.